The molecule has 0 aromatic heterocycles. The summed E-state index contributed by atoms with van der Waals surface area (Å²) in [5.74, 6) is 0. The molecule has 2 rings (SSSR count). The molecule has 0 radical (unpaired) electrons. The first-order chi connectivity index (χ1) is 7.63. The van der Waals surface area contributed by atoms with Crippen molar-refractivity contribution < 1.29 is 5.11 Å². The van der Waals surface area contributed by atoms with E-state index in [1.165, 1.54) is 16.1 Å². The zero-order valence-corrected chi connectivity index (χ0v) is 10.9. The number of hydrogen-bond acceptors (Lipinski definition) is 3. The van der Waals surface area contributed by atoms with Crippen LogP contribution in [0.25, 0.3) is 0 Å². The van der Waals surface area contributed by atoms with Crippen LogP contribution in [0.2, 0.25) is 0 Å². The summed E-state index contributed by atoms with van der Waals surface area (Å²) in [5.41, 5.74) is 2.63. The predicted octanol–water partition coefficient (Wildman–Crippen LogP) is 2.68. The number of hydrogen-bond donors (Lipinski definition) is 1. The first-order valence-electron chi connectivity index (χ1n) is 5.74. The number of anilines is 1. The van der Waals surface area contributed by atoms with Gasteiger partial charge in [-0.05, 0) is 38.0 Å². The highest BCUT2D eigenvalue weighted by atomic mass is 32.2. The Hall–Kier alpha value is -0.670. The first-order valence-corrected chi connectivity index (χ1v) is 6.62. The second-order valence-electron chi connectivity index (χ2n) is 4.49. The Bertz CT molecular complexity index is 380. The molecule has 0 saturated heterocycles. The molecule has 1 aromatic rings. The van der Waals surface area contributed by atoms with Crippen LogP contribution in [0.3, 0.4) is 0 Å². The fraction of sp³-hybridized carbons (Fsp3) is 0.538. The summed E-state index contributed by atoms with van der Waals surface area (Å²) in [6.07, 6.45) is 0.865. The highest BCUT2D eigenvalue weighted by Crippen LogP contribution is 2.42. The minimum absolute atomic E-state index is 0.275. The summed E-state index contributed by atoms with van der Waals surface area (Å²) in [5, 5.41) is 9.57. The highest BCUT2D eigenvalue weighted by Gasteiger charge is 2.29. The molecule has 1 heterocycles. The van der Waals surface area contributed by atoms with Gasteiger partial charge in [-0.15, -0.1) is 11.8 Å². The van der Waals surface area contributed by atoms with Gasteiger partial charge in [0, 0.05) is 29.8 Å². The summed E-state index contributed by atoms with van der Waals surface area (Å²) in [4.78, 5) is 3.67. The largest absolute Gasteiger partial charge is 0.396 e. The number of rotatable bonds is 2. The molecule has 2 unspecified atom stereocenters. The zero-order chi connectivity index (χ0) is 11.7. The van der Waals surface area contributed by atoms with E-state index in [9.17, 15) is 0 Å². The lowest BCUT2D eigenvalue weighted by molar-refractivity contribution is 0.282. The number of nitrogens with zero attached hydrogens (tertiary/aromatic N) is 1. The lowest BCUT2D eigenvalue weighted by atomic mass is 10.1. The fourth-order valence-corrected chi connectivity index (χ4v) is 3.56. The molecular weight excluding hydrogens is 218 g/mol. The maximum Gasteiger partial charge on any atom is 0.0507 e. The van der Waals surface area contributed by atoms with Crippen LogP contribution in [-0.4, -0.2) is 30.1 Å². The molecule has 2 nitrogen and oxygen atoms in total. The van der Waals surface area contributed by atoms with Crippen molar-refractivity contribution >= 4 is 17.4 Å². The smallest absolute Gasteiger partial charge is 0.0507 e. The monoisotopic (exact) mass is 237 g/mol. The number of fused-ring (bicyclic) bond motifs is 1. The molecule has 1 aliphatic rings. The molecule has 1 aromatic carbocycles. The molecule has 0 bridgehead atoms. The fourth-order valence-electron chi connectivity index (χ4n) is 2.16. The number of thioether (sulfide) groups is 1. The van der Waals surface area contributed by atoms with E-state index in [1.54, 1.807) is 0 Å². The van der Waals surface area contributed by atoms with E-state index in [-0.39, 0.29) is 6.61 Å². The van der Waals surface area contributed by atoms with Crippen molar-refractivity contribution in [3.05, 3.63) is 23.8 Å². The van der Waals surface area contributed by atoms with Crippen molar-refractivity contribution in [2.24, 2.45) is 0 Å². The maximum atomic E-state index is 9.08. The van der Waals surface area contributed by atoms with E-state index in [1.807, 2.05) is 11.8 Å². The quantitative estimate of drug-likeness (QED) is 0.855. The lowest BCUT2D eigenvalue weighted by Crippen LogP contribution is -2.41. The first kappa shape index (κ1) is 11.8. The normalized spacial score (nSPS) is 24.4. The Kier molecular flexibility index (Phi) is 3.45. The SMILES string of the molecule is Cc1ccc2c(c1)N(C)C(C)C(CCO)S2. The van der Waals surface area contributed by atoms with E-state index < -0.39 is 0 Å². The summed E-state index contributed by atoms with van der Waals surface area (Å²) < 4.78 is 0. The van der Waals surface area contributed by atoms with Crippen molar-refractivity contribution in [2.45, 2.75) is 36.5 Å². The molecule has 2 atom stereocenters. The molecular formula is C13H19NOS. The Balaban J connectivity index is 2.32. The van der Waals surface area contributed by atoms with Gasteiger partial charge in [0.2, 0.25) is 0 Å². The Morgan fingerprint density at radius 3 is 2.88 bits per heavy atom. The highest BCUT2D eigenvalue weighted by molar-refractivity contribution is 8.00. The topological polar surface area (TPSA) is 23.5 Å². The second-order valence-corrected chi connectivity index (χ2v) is 5.77. The standard InChI is InChI=1S/C13H19NOS/c1-9-4-5-13-11(8-9)14(3)10(2)12(16-13)6-7-15/h4-5,8,10,12,15H,6-7H2,1-3H3. The van der Waals surface area contributed by atoms with Gasteiger partial charge >= 0.3 is 0 Å². The van der Waals surface area contributed by atoms with Gasteiger partial charge in [0.1, 0.15) is 0 Å². The van der Waals surface area contributed by atoms with Crippen LogP contribution in [0.15, 0.2) is 23.1 Å². The van der Waals surface area contributed by atoms with Crippen molar-refractivity contribution in [1.82, 2.24) is 0 Å². The molecule has 0 aliphatic carbocycles. The van der Waals surface area contributed by atoms with Gasteiger partial charge in [-0.25, -0.2) is 0 Å². The van der Waals surface area contributed by atoms with Crippen LogP contribution < -0.4 is 4.90 Å². The molecule has 88 valence electrons. The van der Waals surface area contributed by atoms with E-state index in [0.717, 1.165) is 6.42 Å². The predicted molar refractivity (Wildman–Crippen MR) is 70.4 cm³/mol. The molecule has 16 heavy (non-hydrogen) atoms. The van der Waals surface area contributed by atoms with Gasteiger partial charge in [0.05, 0.1) is 5.69 Å². The maximum absolute atomic E-state index is 9.08. The molecule has 0 spiro atoms. The van der Waals surface area contributed by atoms with Crippen LogP contribution in [-0.2, 0) is 0 Å². The molecule has 1 N–H and O–H groups in total. The summed E-state index contributed by atoms with van der Waals surface area (Å²) in [6, 6.07) is 7.08. The third kappa shape index (κ3) is 2.06. The van der Waals surface area contributed by atoms with E-state index in [2.05, 4.69) is 44.0 Å². The zero-order valence-electron chi connectivity index (χ0n) is 10.1. The average Bonchev–Trinajstić information content (AvgIpc) is 2.27. The van der Waals surface area contributed by atoms with Crippen molar-refractivity contribution in [2.75, 3.05) is 18.6 Å². The minimum atomic E-state index is 0.275. The second kappa shape index (κ2) is 4.68. The van der Waals surface area contributed by atoms with Crippen LogP contribution in [0, 0.1) is 6.92 Å². The summed E-state index contributed by atoms with van der Waals surface area (Å²) in [6.45, 7) is 4.64. The molecule has 0 fully saturated rings. The van der Waals surface area contributed by atoms with Gasteiger partial charge in [0.15, 0.2) is 0 Å². The summed E-state index contributed by atoms with van der Waals surface area (Å²) in [7, 11) is 2.15. The number of benzene rings is 1. The van der Waals surface area contributed by atoms with E-state index >= 15 is 0 Å². The molecule has 1 aliphatic heterocycles. The van der Waals surface area contributed by atoms with Gasteiger partial charge in [-0.3, -0.25) is 0 Å². The summed E-state index contributed by atoms with van der Waals surface area (Å²) >= 11 is 1.90. The number of aliphatic hydroxyl groups excluding tert-OH is 1. The van der Waals surface area contributed by atoms with E-state index in [4.69, 9.17) is 5.11 Å². The number of aryl methyl sites for hydroxylation is 1. The van der Waals surface area contributed by atoms with Crippen LogP contribution in [0.1, 0.15) is 18.9 Å². The van der Waals surface area contributed by atoms with Gasteiger partial charge in [-0.2, -0.15) is 0 Å². The van der Waals surface area contributed by atoms with Crippen LogP contribution in [0.4, 0.5) is 5.69 Å². The Morgan fingerprint density at radius 1 is 1.44 bits per heavy atom. The molecule has 0 saturated carbocycles. The van der Waals surface area contributed by atoms with Crippen molar-refractivity contribution in [3.8, 4) is 0 Å². The molecule has 0 amide bonds. The van der Waals surface area contributed by atoms with Gasteiger partial charge in [-0.1, -0.05) is 6.07 Å². The minimum Gasteiger partial charge on any atom is -0.396 e. The van der Waals surface area contributed by atoms with E-state index in [0.29, 0.717) is 11.3 Å². The third-order valence-corrected chi connectivity index (χ3v) is 4.87. The van der Waals surface area contributed by atoms with Crippen LogP contribution in [0.5, 0.6) is 0 Å². The van der Waals surface area contributed by atoms with Gasteiger partial charge in [0.25, 0.3) is 0 Å². The lowest BCUT2D eigenvalue weighted by Gasteiger charge is -2.39. The average molecular weight is 237 g/mol. The van der Waals surface area contributed by atoms with Gasteiger partial charge < -0.3 is 10.0 Å². The Labute approximate surface area is 102 Å². The van der Waals surface area contributed by atoms with Crippen LogP contribution >= 0.6 is 11.8 Å². The number of aliphatic hydroxyl groups is 1. The van der Waals surface area contributed by atoms with Crippen molar-refractivity contribution in [1.29, 1.82) is 0 Å². The van der Waals surface area contributed by atoms with Crippen molar-refractivity contribution in [3.63, 3.8) is 0 Å². The third-order valence-electron chi connectivity index (χ3n) is 3.34. The Morgan fingerprint density at radius 2 is 2.19 bits per heavy atom. The molecule has 3 heteroatoms.